The van der Waals surface area contributed by atoms with Gasteiger partial charge >= 0.3 is 5.97 Å². The number of hydrogen-bond donors (Lipinski definition) is 0. The molecule has 0 spiro atoms. The van der Waals surface area contributed by atoms with Crippen LogP contribution < -0.4 is 0 Å². The normalized spacial score (nSPS) is 11.7. The van der Waals surface area contributed by atoms with Crippen molar-refractivity contribution in [1.29, 1.82) is 0 Å². The van der Waals surface area contributed by atoms with E-state index in [4.69, 9.17) is 4.84 Å². The molecule has 0 aromatic rings. The van der Waals surface area contributed by atoms with Gasteiger partial charge in [-0.15, -0.1) is 4.65 Å². The van der Waals surface area contributed by atoms with Crippen molar-refractivity contribution >= 4 is 5.97 Å². The van der Waals surface area contributed by atoms with Crippen molar-refractivity contribution in [3.63, 3.8) is 0 Å². The zero-order valence-corrected chi connectivity index (χ0v) is 17.8. The van der Waals surface area contributed by atoms with Crippen LogP contribution >= 0.6 is 0 Å². The van der Waals surface area contributed by atoms with Gasteiger partial charge in [-0.25, -0.2) is 4.79 Å². The quantitative estimate of drug-likeness (QED) is 0.153. The van der Waals surface area contributed by atoms with Crippen LogP contribution in [0.25, 0.3) is 0 Å². The van der Waals surface area contributed by atoms with Crippen molar-refractivity contribution < 1.29 is 14.3 Å². The molecule has 25 heavy (non-hydrogen) atoms. The molecule has 0 heterocycles. The van der Waals surface area contributed by atoms with Crippen LogP contribution in [0.15, 0.2) is 0 Å². The minimum Gasteiger partial charge on any atom is -0.277 e. The van der Waals surface area contributed by atoms with E-state index in [1.807, 2.05) is 21.0 Å². The van der Waals surface area contributed by atoms with E-state index in [0.29, 0.717) is 11.1 Å². The van der Waals surface area contributed by atoms with Gasteiger partial charge in [0, 0.05) is 0 Å². The van der Waals surface area contributed by atoms with Gasteiger partial charge in [-0.1, -0.05) is 96.8 Å². The molecule has 0 aliphatic rings. The second kappa shape index (κ2) is 16.9. The van der Waals surface area contributed by atoms with E-state index in [1.165, 1.54) is 83.5 Å². The number of unbranched alkanes of at least 4 members (excludes halogenated alkanes) is 14. The van der Waals surface area contributed by atoms with Gasteiger partial charge in [-0.3, -0.25) is 4.84 Å². The molecule has 0 N–H and O–H groups in total. The molecule has 0 aromatic heterocycles. The second-order valence-electron chi connectivity index (χ2n) is 8.05. The fourth-order valence-electron chi connectivity index (χ4n) is 3.03. The first-order valence-electron chi connectivity index (χ1n) is 11.1. The molecule has 0 fully saturated rings. The van der Waals surface area contributed by atoms with Crippen LogP contribution in [0.5, 0.6) is 0 Å². The number of hydroxylamine groups is 3. The number of hydrogen-bond acceptors (Lipinski definition) is 2. The molecule has 0 aliphatic carbocycles. The molecule has 0 rings (SSSR count). The summed E-state index contributed by atoms with van der Waals surface area (Å²) in [4.78, 5) is 17.1. The van der Waals surface area contributed by atoms with Crippen LogP contribution in [0.3, 0.4) is 0 Å². The third-order valence-corrected chi connectivity index (χ3v) is 5.09. The fraction of sp³-hybridized carbons (Fsp3) is 0.955. The Hall–Kier alpha value is -0.570. The van der Waals surface area contributed by atoms with Gasteiger partial charge in [-0.2, -0.15) is 0 Å². The lowest BCUT2D eigenvalue weighted by atomic mass is 10.0. The number of carbonyl (C=O) groups is 1. The third kappa shape index (κ3) is 18.0. The number of carbonyl (C=O) groups excluding carboxylic acids is 1. The Morgan fingerprint density at radius 1 is 0.640 bits per heavy atom. The lowest BCUT2D eigenvalue weighted by molar-refractivity contribution is -1.06. The molecule has 3 heteroatoms. The molecule has 0 bridgehead atoms. The van der Waals surface area contributed by atoms with Gasteiger partial charge in [0.2, 0.25) is 0 Å². The third-order valence-electron chi connectivity index (χ3n) is 5.09. The summed E-state index contributed by atoms with van der Waals surface area (Å²) in [6, 6.07) is 0. The first-order valence-corrected chi connectivity index (χ1v) is 11.1. The van der Waals surface area contributed by atoms with E-state index in [9.17, 15) is 4.79 Å². The van der Waals surface area contributed by atoms with Crippen LogP contribution in [-0.4, -0.2) is 31.3 Å². The first-order chi connectivity index (χ1) is 12.0. The maximum atomic E-state index is 11.7. The molecule has 0 amide bonds. The predicted molar refractivity (Wildman–Crippen MR) is 108 cm³/mol. The average Bonchev–Trinajstić information content (AvgIpc) is 2.58. The topological polar surface area (TPSA) is 26.3 Å². The predicted octanol–water partition coefficient (Wildman–Crippen LogP) is 6.80. The molecular formula is C22H46NO2+. The highest BCUT2D eigenvalue weighted by atomic mass is 16.7. The van der Waals surface area contributed by atoms with E-state index in [2.05, 4.69) is 6.92 Å². The number of rotatable bonds is 18. The summed E-state index contributed by atoms with van der Waals surface area (Å²) in [5, 5.41) is 0. The number of nitrogens with zero attached hydrogens (tertiary/aromatic N) is 1. The van der Waals surface area contributed by atoms with E-state index >= 15 is 0 Å². The smallest absolute Gasteiger partial charge is 0.277 e. The van der Waals surface area contributed by atoms with Gasteiger partial charge in [-0.05, 0) is 13.3 Å². The van der Waals surface area contributed by atoms with Crippen LogP contribution in [-0.2, 0) is 9.63 Å². The summed E-state index contributed by atoms with van der Waals surface area (Å²) in [7, 11) is 3.84. The van der Waals surface area contributed by atoms with Crippen LogP contribution in [0.1, 0.15) is 117 Å². The Kier molecular flexibility index (Phi) is 16.5. The van der Waals surface area contributed by atoms with Gasteiger partial charge in [0.1, 0.15) is 20.6 Å². The molecule has 0 saturated heterocycles. The zero-order chi connectivity index (χ0) is 18.8. The molecular weight excluding hydrogens is 310 g/mol. The summed E-state index contributed by atoms with van der Waals surface area (Å²) in [6.07, 6.45) is 20.8. The maximum Gasteiger partial charge on any atom is 0.366 e. The molecule has 0 unspecified atom stereocenters. The van der Waals surface area contributed by atoms with E-state index in [1.54, 1.807) is 0 Å². The van der Waals surface area contributed by atoms with E-state index in [-0.39, 0.29) is 5.97 Å². The second-order valence-corrected chi connectivity index (χ2v) is 8.05. The van der Waals surface area contributed by atoms with E-state index < -0.39 is 0 Å². The van der Waals surface area contributed by atoms with Crippen molar-refractivity contribution in [3.8, 4) is 0 Å². The lowest BCUT2D eigenvalue weighted by Gasteiger charge is -2.24. The maximum absolute atomic E-state index is 11.7. The monoisotopic (exact) mass is 356 g/mol. The first kappa shape index (κ1) is 24.4. The molecule has 3 nitrogen and oxygen atoms in total. The SMILES string of the molecule is CCCCCCCCCCCCCCCCCC(=O)O[N+](C)(C)CC. The van der Waals surface area contributed by atoms with Crippen LogP contribution in [0, 0.1) is 0 Å². The lowest BCUT2D eigenvalue weighted by Crippen LogP contribution is -2.41. The summed E-state index contributed by atoms with van der Waals surface area (Å²) in [5.41, 5.74) is 0. The van der Waals surface area contributed by atoms with Crippen LogP contribution in [0.2, 0.25) is 0 Å². The highest BCUT2D eigenvalue weighted by Gasteiger charge is 2.18. The summed E-state index contributed by atoms with van der Waals surface area (Å²) in [6.45, 7) is 5.12. The molecule has 0 aliphatic heterocycles. The van der Waals surface area contributed by atoms with Gasteiger partial charge in [0.25, 0.3) is 0 Å². The highest BCUT2D eigenvalue weighted by Crippen LogP contribution is 2.14. The van der Waals surface area contributed by atoms with Gasteiger partial charge < -0.3 is 0 Å². The molecule has 150 valence electrons. The van der Waals surface area contributed by atoms with Crippen LogP contribution in [0.4, 0.5) is 0 Å². The van der Waals surface area contributed by atoms with Gasteiger partial charge in [0.15, 0.2) is 0 Å². The Morgan fingerprint density at radius 2 is 1.00 bits per heavy atom. The molecule has 0 saturated carbocycles. The number of quaternary nitrogens is 1. The largest absolute Gasteiger partial charge is 0.366 e. The summed E-state index contributed by atoms with van der Waals surface area (Å²) in [5.74, 6) is -0.0541. The van der Waals surface area contributed by atoms with Gasteiger partial charge in [0.05, 0.1) is 6.42 Å². The molecule has 0 aromatic carbocycles. The van der Waals surface area contributed by atoms with Crippen molar-refractivity contribution in [1.82, 2.24) is 0 Å². The fourth-order valence-corrected chi connectivity index (χ4v) is 3.03. The van der Waals surface area contributed by atoms with Crippen molar-refractivity contribution in [3.05, 3.63) is 0 Å². The summed E-state index contributed by atoms with van der Waals surface area (Å²) < 4.78 is 0.331. The minimum atomic E-state index is -0.0541. The van der Waals surface area contributed by atoms with Crippen molar-refractivity contribution in [2.45, 2.75) is 117 Å². The van der Waals surface area contributed by atoms with E-state index in [0.717, 1.165) is 19.4 Å². The Morgan fingerprint density at radius 3 is 1.36 bits per heavy atom. The zero-order valence-electron chi connectivity index (χ0n) is 17.8. The Bertz CT molecular complexity index is 302. The summed E-state index contributed by atoms with van der Waals surface area (Å²) >= 11 is 0. The van der Waals surface area contributed by atoms with Crippen molar-refractivity contribution in [2.24, 2.45) is 0 Å². The highest BCUT2D eigenvalue weighted by molar-refractivity contribution is 5.68. The Labute approximate surface area is 158 Å². The minimum absolute atomic E-state index is 0.0541. The average molecular weight is 357 g/mol. The van der Waals surface area contributed by atoms with Crippen molar-refractivity contribution in [2.75, 3.05) is 20.6 Å². The Balaban J connectivity index is 3.20. The molecule has 0 radical (unpaired) electrons. The standard InChI is InChI=1S/C22H46NO2/c1-5-7-8-9-10-11-12-13-14-15-16-17-18-19-20-21-22(24)25-23(3,4)6-2/h5-21H2,1-4H3/q+1. The molecule has 0 atom stereocenters.